The van der Waals surface area contributed by atoms with Crippen molar-refractivity contribution in [3.63, 3.8) is 0 Å². The van der Waals surface area contributed by atoms with E-state index in [1.807, 2.05) is 11.5 Å². The summed E-state index contributed by atoms with van der Waals surface area (Å²) in [7, 11) is -1.06. The predicted octanol–water partition coefficient (Wildman–Crippen LogP) is 2.68. The standard InChI is InChI=1S/C13H24N2O3Si/c1-6-18-13(16)12-9-15(11(2)14-12)10-17-7-8-19(3,4)5/h9H,6-8,10H2,1-5H3. The fraction of sp³-hybridized carbons (Fsp3) is 0.692. The molecule has 0 saturated heterocycles. The second-order valence-electron chi connectivity index (χ2n) is 5.71. The molecule has 0 atom stereocenters. The smallest absolute Gasteiger partial charge is 0.358 e. The van der Waals surface area contributed by atoms with Gasteiger partial charge in [0.1, 0.15) is 12.6 Å². The van der Waals surface area contributed by atoms with Gasteiger partial charge in [-0.2, -0.15) is 0 Å². The van der Waals surface area contributed by atoms with E-state index < -0.39 is 8.07 Å². The molecule has 5 nitrogen and oxygen atoms in total. The van der Waals surface area contributed by atoms with Crippen LogP contribution in [0.1, 0.15) is 23.2 Å². The van der Waals surface area contributed by atoms with Gasteiger partial charge in [-0.25, -0.2) is 9.78 Å². The third-order valence-corrected chi connectivity index (χ3v) is 4.39. The summed E-state index contributed by atoms with van der Waals surface area (Å²) in [5.74, 6) is 0.377. The molecule has 0 radical (unpaired) electrons. The van der Waals surface area contributed by atoms with Gasteiger partial charge in [-0.05, 0) is 19.9 Å². The Bertz CT molecular complexity index is 424. The van der Waals surface area contributed by atoms with Crippen molar-refractivity contribution in [3.8, 4) is 0 Å². The van der Waals surface area contributed by atoms with E-state index in [1.54, 1.807) is 13.1 Å². The average molecular weight is 284 g/mol. The Labute approximate surface area is 115 Å². The number of aryl methyl sites for hydroxylation is 1. The first-order valence-corrected chi connectivity index (χ1v) is 10.3. The first-order valence-electron chi connectivity index (χ1n) is 6.62. The van der Waals surface area contributed by atoms with Crippen LogP contribution in [0.5, 0.6) is 0 Å². The molecule has 19 heavy (non-hydrogen) atoms. The molecule has 6 heteroatoms. The Morgan fingerprint density at radius 2 is 2.11 bits per heavy atom. The Balaban J connectivity index is 2.48. The van der Waals surface area contributed by atoms with Gasteiger partial charge in [0.15, 0.2) is 5.69 Å². The van der Waals surface area contributed by atoms with Crippen LogP contribution in [-0.4, -0.2) is 36.8 Å². The van der Waals surface area contributed by atoms with Gasteiger partial charge in [0.2, 0.25) is 0 Å². The van der Waals surface area contributed by atoms with Gasteiger partial charge in [0.05, 0.1) is 6.61 Å². The van der Waals surface area contributed by atoms with Crippen molar-refractivity contribution < 1.29 is 14.3 Å². The van der Waals surface area contributed by atoms with Gasteiger partial charge < -0.3 is 14.0 Å². The maximum absolute atomic E-state index is 11.5. The third-order valence-electron chi connectivity index (χ3n) is 2.69. The zero-order valence-electron chi connectivity index (χ0n) is 12.5. The Hall–Kier alpha value is -1.14. The highest BCUT2D eigenvalue weighted by atomic mass is 28.3. The van der Waals surface area contributed by atoms with Gasteiger partial charge in [-0.3, -0.25) is 0 Å². The van der Waals surface area contributed by atoms with Crippen LogP contribution in [-0.2, 0) is 16.2 Å². The number of rotatable bonds is 7. The van der Waals surface area contributed by atoms with E-state index in [4.69, 9.17) is 9.47 Å². The Kier molecular flexibility index (Phi) is 5.75. The topological polar surface area (TPSA) is 53.4 Å². The number of carbonyl (C=O) groups is 1. The molecule has 0 amide bonds. The van der Waals surface area contributed by atoms with Gasteiger partial charge in [-0.15, -0.1) is 0 Å². The summed E-state index contributed by atoms with van der Waals surface area (Å²) < 4.78 is 12.4. The van der Waals surface area contributed by atoms with Crippen LogP contribution in [0.25, 0.3) is 0 Å². The fourth-order valence-corrected chi connectivity index (χ4v) is 2.24. The monoisotopic (exact) mass is 284 g/mol. The van der Waals surface area contributed by atoms with Crippen molar-refractivity contribution in [1.29, 1.82) is 0 Å². The summed E-state index contributed by atoms with van der Waals surface area (Å²) >= 11 is 0. The van der Waals surface area contributed by atoms with Crippen LogP contribution < -0.4 is 0 Å². The van der Waals surface area contributed by atoms with E-state index in [-0.39, 0.29) is 5.97 Å². The zero-order valence-corrected chi connectivity index (χ0v) is 13.5. The van der Waals surface area contributed by atoms with Crippen molar-refractivity contribution in [2.24, 2.45) is 0 Å². The molecular weight excluding hydrogens is 260 g/mol. The first kappa shape index (κ1) is 15.9. The molecule has 0 saturated carbocycles. The molecule has 0 fully saturated rings. The number of nitrogens with zero attached hydrogens (tertiary/aromatic N) is 2. The van der Waals surface area contributed by atoms with E-state index in [0.29, 0.717) is 19.0 Å². The van der Waals surface area contributed by atoms with Crippen molar-refractivity contribution >= 4 is 14.0 Å². The number of ether oxygens (including phenoxy) is 2. The van der Waals surface area contributed by atoms with E-state index in [0.717, 1.165) is 18.5 Å². The minimum atomic E-state index is -1.06. The highest BCUT2D eigenvalue weighted by Gasteiger charge is 2.14. The fourth-order valence-electron chi connectivity index (χ4n) is 1.48. The van der Waals surface area contributed by atoms with E-state index >= 15 is 0 Å². The quantitative estimate of drug-likeness (QED) is 0.439. The molecule has 0 aliphatic rings. The van der Waals surface area contributed by atoms with Gasteiger partial charge in [0.25, 0.3) is 0 Å². The molecule has 0 bridgehead atoms. The SMILES string of the molecule is CCOC(=O)c1cn(COCC[Si](C)(C)C)c(C)n1. The number of esters is 1. The summed E-state index contributed by atoms with van der Waals surface area (Å²) in [4.78, 5) is 15.7. The summed E-state index contributed by atoms with van der Waals surface area (Å²) in [6.07, 6.45) is 1.68. The molecule has 1 heterocycles. The molecule has 1 aromatic rings. The largest absolute Gasteiger partial charge is 0.461 e. The second-order valence-corrected chi connectivity index (χ2v) is 11.3. The molecule has 0 unspecified atom stereocenters. The number of carbonyl (C=O) groups excluding carboxylic acids is 1. The molecular formula is C13H24N2O3Si. The second kappa shape index (κ2) is 6.86. The highest BCUT2D eigenvalue weighted by molar-refractivity contribution is 6.76. The van der Waals surface area contributed by atoms with Crippen molar-refractivity contribution in [3.05, 3.63) is 17.7 Å². The highest BCUT2D eigenvalue weighted by Crippen LogP contribution is 2.09. The van der Waals surface area contributed by atoms with Gasteiger partial charge in [-0.1, -0.05) is 19.6 Å². The molecule has 0 aromatic carbocycles. The van der Waals surface area contributed by atoms with E-state index in [1.165, 1.54) is 0 Å². The van der Waals surface area contributed by atoms with Gasteiger partial charge in [0, 0.05) is 20.9 Å². The van der Waals surface area contributed by atoms with Crippen molar-refractivity contribution in [2.75, 3.05) is 13.2 Å². The molecule has 1 rings (SSSR count). The minimum Gasteiger partial charge on any atom is -0.461 e. The lowest BCUT2D eigenvalue weighted by Crippen LogP contribution is -2.22. The van der Waals surface area contributed by atoms with Crippen molar-refractivity contribution in [2.45, 2.75) is 46.3 Å². The van der Waals surface area contributed by atoms with Crippen LogP contribution >= 0.6 is 0 Å². The Morgan fingerprint density at radius 3 is 2.68 bits per heavy atom. The van der Waals surface area contributed by atoms with E-state index in [9.17, 15) is 4.79 Å². The number of hydrogen-bond donors (Lipinski definition) is 0. The maximum atomic E-state index is 11.5. The van der Waals surface area contributed by atoms with Crippen LogP contribution in [0.2, 0.25) is 25.7 Å². The predicted molar refractivity (Wildman–Crippen MR) is 77.0 cm³/mol. The lowest BCUT2D eigenvalue weighted by Gasteiger charge is -2.15. The molecule has 0 spiro atoms. The average Bonchev–Trinajstić information content (AvgIpc) is 2.66. The summed E-state index contributed by atoms with van der Waals surface area (Å²) in [6, 6.07) is 1.13. The van der Waals surface area contributed by atoms with Crippen molar-refractivity contribution in [1.82, 2.24) is 9.55 Å². The van der Waals surface area contributed by atoms with Crippen LogP contribution in [0.4, 0.5) is 0 Å². The first-order chi connectivity index (χ1) is 8.83. The van der Waals surface area contributed by atoms with E-state index in [2.05, 4.69) is 24.6 Å². The lowest BCUT2D eigenvalue weighted by atomic mass is 10.5. The van der Waals surface area contributed by atoms with Crippen LogP contribution in [0, 0.1) is 6.92 Å². The Morgan fingerprint density at radius 1 is 1.42 bits per heavy atom. The molecule has 0 aliphatic heterocycles. The van der Waals surface area contributed by atoms with Gasteiger partial charge >= 0.3 is 5.97 Å². The molecule has 108 valence electrons. The molecule has 0 aliphatic carbocycles. The molecule has 0 N–H and O–H groups in total. The summed E-state index contributed by atoms with van der Waals surface area (Å²) in [5, 5.41) is 0. The molecule has 1 aromatic heterocycles. The maximum Gasteiger partial charge on any atom is 0.358 e. The number of aromatic nitrogens is 2. The third kappa shape index (κ3) is 5.57. The summed E-state index contributed by atoms with van der Waals surface area (Å²) in [5.41, 5.74) is 0.341. The van der Waals surface area contributed by atoms with Crippen LogP contribution in [0.3, 0.4) is 0 Å². The number of hydrogen-bond acceptors (Lipinski definition) is 4. The lowest BCUT2D eigenvalue weighted by molar-refractivity contribution is 0.0519. The normalized spacial score (nSPS) is 11.6. The minimum absolute atomic E-state index is 0.341. The zero-order chi connectivity index (χ0) is 14.5. The van der Waals surface area contributed by atoms with Crippen LogP contribution in [0.15, 0.2) is 6.20 Å². The summed E-state index contributed by atoms with van der Waals surface area (Å²) in [6.45, 7) is 12.1. The number of imidazole rings is 1.